The van der Waals surface area contributed by atoms with Gasteiger partial charge in [-0.15, -0.1) is 11.3 Å². The Bertz CT molecular complexity index is 467. The predicted octanol–water partition coefficient (Wildman–Crippen LogP) is 4.36. The van der Waals surface area contributed by atoms with E-state index in [0.717, 1.165) is 14.2 Å². The third kappa shape index (κ3) is 2.41. The minimum Gasteiger partial charge on any atom is -0.309 e. The van der Waals surface area contributed by atoms with Gasteiger partial charge in [0.25, 0.3) is 0 Å². The standard InChI is InChI=1S/C12H11Cl2NS/c1-15-11(8-5-3-2-4-6-8)9-7-10(13)16-12(9)14/h2-7,11,15H,1H3. The first-order valence-corrected chi connectivity index (χ1v) is 6.46. The number of halogens is 2. The summed E-state index contributed by atoms with van der Waals surface area (Å²) in [5.74, 6) is 0. The van der Waals surface area contributed by atoms with Gasteiger partial charge in [0.05, 0.1) is 14.7 Å². The summed E-state index contributed by atoms with van der Waals surface area (Å²) >= 11 is 13.5. The molecule has 1 atom stereocenters. The Balaban J connectivity index is 2.40. The van der Waals surface area contributed by atoms with E-state index in [9.17, 15) is 0 Å². The zero-order chi connectivity index (χ0) is 11.5. The molecular weight excluding hydrogens is 261 g/mol. The quantitative estimate of drug-likeness (QED) is 0.875. The topological polar surface area (TPSA) is 12.0 Å². The highest BCUT2D eigenvalue weighted by Gasteiger charge is 2.17. The van der Waals surface area contributed by atoms with Crippen molar-refractivity contribution in [2.24, 2.45) is 0 Å². The SMILES string of the molecule is CNC(c1ccccc1)c1cc(Cl)sc1Cl. The van der Waals surface area contributed by atoms with Crippen molar-refractivity contribution in [3.05, 3.63) is 56.2 Å². The van der Waals surface area contributed by atoms with Crippen molar-refractivity contribution in [1.29, 1.82) is 0 Å². The maximum Gasteiger partial charge on any atom is 0.0995 e. The number of hydrogen-bond acceptors (Lipinski definition) is 2. The number of thiophene rings is 1. The lowest BCUT2D eigenvalue weighted by atomic mass is 10.0. The van der Waals surface area contributed by atoms with Crippen LogP contribution in [0.3, 0.4) is 0 Å². The van der Waals surface area contributed by atoms with E-state index in [2.05, 4.69) is 17.4 Å². The molecule has 16 heavy (non-hydrogen) atoms. The summed E-state index contributed by atoms with van der Waals surface area (Å²) in [4.78, 5) is 0. The van der Waals surface area contributed by atoms with E-state index in [-0.39, 0.29) is 6.04 Å². The van der Waals surface area contributed by atoms with Gasteiger partial charge in [0.15, 0.2) is 0 Å². The highest BCUT2D eigenvalue weighted by molar-refractivity contribution is 7.20. The highest BCUT2D eigenvalue weighted by Crippen LogP contribution is 2.37. The molecule has 4 heteroatoms. The van der Waals surface area contributed by atoms with Crippen LogP contribution in [0.2, 0.25) is 8.67 Å². The molecule has 84 valence electrons. The van der Waals surface area contributed by atoms with E-state index in [4.69, 9.17) is 23.2 Å². The molecule has 0 saturated carbocycles. The van der Waals surface area contributed by atoms with Crippen LogP contribution >= 0.6 is 34.5 Å². The van der Waals surface area contributed by atoms with Gasteiger partial charge >= 0.3 is 0 Å². The van der Waals surface area contributed by atoms with Crippen LogP contribution in [0.5, 0.6) is 0 Å². The monoisotopic (exact) mass is 271 g/mol. The molecule has 1 aromatic heterocycles. The second-order valence-corrected chi connectivity index (χ2v) is 5.70. The largest absolute Gasteiger partial charge is 0.309 e. The minimum atomic E-state index is 0.0949. The Kier molecular flexibility index (Phi) is 3.87. The van der Waals surface area contributed by atoms with Gasteiger partial charge in [0.2, 0.25) is 0 Å². The maximum atomic E-state index is 6.16. The molecule has 0 amide bonds. The van der Waals surface area contributed by atoms with Gasteiger partial charge in [-0.2, -0.15) is 0 Å². The van der Waals surface area contributed by atoms with Crippen molar-refractivity contribution in [2.75, 3.05) is 7.05 Å². The number of benzene rings is 1. The average molecular weight is 272 g/mol. The molecule has 0 radical (unpaired) electrons. The molecule has 0 aliphatic heterocycles. The number of nitrogens with one attached hydrogen (secondary N) is 1. The minimum absolute atomic E-state index is 0.0949. The molecular formula is C12H11Cl2NS. The maximum absolute atomic E-state index is 6.16. The smallest absolute Gasteiger partial charge is 0.0995 e. The van der Waals surface area contributed by atoms with E-state index >= 15 is 0 Å². The zero-order valence-electron chi connectivity index (χ0n) is 8.71. The first-order chi connectivity index (χ1) is 7.72. The lowest BCUT2D eigenvalue weighted by Gasteiger charge is -2.15. The number of hydrogen-bond donors (Lipinski definition) is 1. The average Bonchev–Trinajstić information content (AvgIpc) is 2.61. The van der Waals surface area contributed by atoms with Gasteiger partial charge in [0.1, 0.15) is 0 Å². The van der Waals surface area contributed by atoms with Crippen LogP contribution in [0.4, 0.5) is 0 Å². The van der Waals surface area contributed by atoms with E-state index in [0.29, 0.717) is 0 Å². The van der Waals surface area contributed by atoms with Crippen LogP contribution in [0.1, 0.15) is 17.2 Å². The summed E-state index contributed by atoms with van der Waals surface area (Å²) in [7, 11) is 1.92. The summed E-state index contributed by atoms with van der Waals surface area (Å²) in [6, 6.07) is 12.2. The molecule has 0 fully saturated rings. The van der Waals surface area contributed by atoms with Gasteiger partial charge in [-0.25, -0.2) is 0 Å². The molecule has 0 bridgehead atoms. The molecule has 1 heterocycles. The molecule has 1 aromatic carbocycles. The molecule has 0 spiro atoms. The van der Waals surface area contributed by atoms with E-state index in [1.807, 2.05) is 31.3 Å². The first-order valence-electron chi connectivity index (χ1n) is 4.89. The Morgan fingerprint density at radius 1 is 1.19 bits per heavy atom. The number of rotatable bonds is 3. The lowest BCUT2D eigenvalue weighted by molar-refractivity contribution is 0.694. The van der Waals surface area contributed by atoms with E-state index < -0.39 is 0 Å². The fourth-order valence-electron chi connectivity index (χ4n) is 1.70. The highest BCUT2D eigenvalue weighted by atomic mass is 35.5. The predicted molar refractivity (Wildman–Crippen MR) is 71.7 cm³/mol. The van der Waals surface area contributed by atoms with Crippen LogP contribution < -0.4 is 5.32 Å². The lowest BCUT2D eigenvalue weighted by Crippen LogP contribution is -2.17. The Labute approximate surface area is 109 Å². The molecule has 1 N–H and O–H groups in total. The van der Waals surface area contributed by atoms with E-state index in [1.54, 1.807) is 0 Å². The summed E-state index contributed by atoms with van der Waals surface area (Å²) < 4.78 is 1.46. The molecule has 1 nitrogen and oxygen atoms in total. The third-order valence-electron chi connectivity index (χ3n) is 2.42. The first kappa shape index (κ1) is 11.9. The van der Waals surface area contributed by atoms with Crippen molar-refractivity contribution >= 4 is 34.5 Å². The van der Waals surface area contributed by atoms with Crippen LogP contribution in [-0.4, -0.2) is 7.05 Å². The Hall–Kier alpha value is -0.540. The van der Waals surface area contributed by atoms with Crippen LogP contribution in [0, 0.1) is 0 Å². The van der Waals surface area contributed by atoms with Crippen molar-refractivity contribution < 1.29 is 0 Å². The third-order valence-corrected chi connectivity index (χ3v) is 3.93. The zero-order valence-corrected chi connectivity index (χ0v) is 11.0. The van der Waals surface area contributed by atoms with Gasteiger partial charge in [-0.3, -0.25) is 0 Å². The molecule has 0 saturated heterocycles. The summed E-state index contributed by atoms with van der Waals surface area (Å²) in [6.45, 7) is 0. The second kappa shape index (κ2) is 5.19. The van der Waals surface area contributed by atoms with Crippen LogP contribution in [-0.2, 0) is 0 Å². The second-order valence-electron chi connectivity index (χ2n) is 3.41. The summed E-state index contributed by atoms with van der Waals surface area (Å²) in [5, 5.41) is 3.25. The van der Waals surface area contributed by atoms with Gasteiger partial charge in [0, 0.05) is 5.56 Å². The molecule has 2 rings (SSSR count). The molecule has 2 aromatic rings. The summed E-state index contributed by atoms with van der Waals surface area (Å²) in [6.07, 6.45) is 0. The fourth-order valence-corrected chi connectivity index (χ4v) is 3.23. The van der Waals surface area contributed by atoms with Gasteiger partial charge < -0.3 is 5.32 Å². The van der Waals surface area contributed by atoms with Crippen LogP contribution in [0.15, 0.2) is 36.4 Å². The van der Waals surface area contributed by atoms with E-state index in [1.165, 1.54) is 16.9 Å². The molecule has 0 aliphatic rings. The van der Waals surface area contributed by atoms with Crippen molar-refractivity contribution in [1.82, 2.24) is 5.32 Å². The summed E-state index contributed by atoms with van der Waals surface area (Å²) in [5.41, 5.74) is 2.21. The van der Waals surface area contributed by atoms with Gasteiger partial charge in [-0.1, -0.05) is 53.5 Å². The van der Waals surface area contributed by atoms with Gasteiger partial charge in [-0.05, 0) is 18.7 Å². The Morgan fingerprint density at radius 2 is 1.88 bits per heavy atom. The fraction of sp³-hybridized carbons (Fsp3) is 0.167. The normalized spacial score (nSPS) is 12.7. The van der Waals surface area contributed by atoms with Crippen molar-refractivity contribution in [3.8, 4) is 0 Å². The molecule has 0 aliphatic carbocycles. The Morgan fingerprint density at radius 3 is 2.38 bits per heavy atom. The van der Waals surface area contributed by atoms with Crippen molar-refractivity contribution in [2.45, 2.75) is 6.04 Å². The van der Waals surface area contributed by atoms with Crippen LogP contribution in [0.25, 0.3) is 0 Å². The molecule has 1 unspecified atom stereocenters. The van der Waals surface area contributed by atoms with Crippen molar-refractivity contribution in [3.63, 3.8) is 0 Å².